The highest BCUT2D eigenvalue weighted by molar-refractivity contribution is 7.16. The number of rotatable bonds is 3. The van der Waals surface area contributed by atoms with Gasteiger partial charge in [-0.1, -0.05) is 6.92 Å². The lowest BCUT2D eigenvalue weighted by molar-refractivity contribution is -0.122. The van der Waals surface area contributed by atoms with Gasteiger partial charge in [0.15, 0.2) is 11.2 Å². The Kier molecular flexibility index (Phi) is 4.04. The average molecular weight is 331 g/mol. The summed E-state index contributed by atoms with van der Waals surface area (Å²) in [5.74, 6) is 0.416. The van der Waals surface area contributed by atoms with Gasteiger partial charge in [0.05, 0.1) is 11.4 Å². The molecule has 2 aromatic rings. The largest absolute Gasteiger partial charge is 0.479 e. The molecule has 1 atom stereocenters. The van der Waals surface area contributed by atoms with Crippen LogP contribution >= 0.6 is 11.3 Å². The van der Waals surface area contributed by atoms with Gasteiger partial charge in [-0.2, -0.15) is 0 Å². The molecule has 1 aromatic heterocycles. The van der Waals surface area contributed by atoms with Crippen LogP contribution in [0.4, 0.5) is 10.8 Å². The van der Waals surface area contributed by atoms with Gasteiger partial charge in [-0.25, -0.2) is 4.98 Å². The fraction of sp³-hybridized carbons (Fsp3) is 0.312. The van der Waals surface area contributed by atoms with Gasteiger partial charge in [-0.15, -0.1) is 11.3 Å². The summed E-state index contributed by atoms with van der Waals surface area (Å²) < 4.78 is 5.55. The molecule has 0 spiro atoms. The second-order valence-corrected chi connectivity index (χ2v) is 6.49. The van der Waals surface area contributed by atoms with Crippen molar-refractivity contribution in [3.05, 3.63) is 23.1 Å². The number of aromatic nitrogens is 1. The highest BCUT2D eigenvalue weighted by Crippen LogP contribution is 2.36. The summed E-state index contributed by atoms with van der Waals surface area (Å²) >= 11 is 1.43. The van der Waals surface area contributed by atoms with E-state index in [0.717, 1.165) is 16.1 Å². The highest BCUT2D eigenvalue weighted by atomic mass is 32.1. The van der Waals surface area contributed by atoms with E-state index in [1.165, 1.54) is 11.3 Å². The summed E-state index contributed by atoms with van der Waals surface area (Å²) in [6.07, 6.45) is -0.0841. The molecule has 0 saturated heterocycles. The first-order valence-electron chi connectivity index (χ1n) is 7.37. The van der Waals surface area contributed by atoms with Crippen molar-refractivity contribution in [1.29, 1.82) is 0 Å². The highest BCUT2D eigenvalue weighted by Gasteiger charge is 2.24. The van der Waals surface area contributed by atoms with Crippen LogP contribution in [0.1, 0.15) is 25.1 Å². The van der Waals surface area contributed by atoms with Gasteiger partial charge in [0.1, 0.15) is 5.75 Å². The number of aryl methyl sites for hydroxylation is 1. The number of carbonyl (C=O) groups excluding carboxylic acids is 2. The minimum Gasteiger partial charge on any atom is -0.479 e. The van der Waals surface area contributed by atoms with Crippen molar-refractivity contribution in [3.8, 4) is 17.0 Å². The van der Waals surface area contributed by atoms with Crippen molar-refractivity contribution in [2.24, 2.45) is 0 Å². The van der Waals surface area contributed by atoms with Gasteiger partial charge >= 0.3 is 0 Å². The van der Waals surface area contributed by atoms with Gasteiger partial charge in [-0.3, -0.25) is 9.59 Å². The third-order valence-electron chi connectivity index (χ3n) is 3.55. The number of anilines is 2. The van der Waals surface area contributed by atoms with Crippen LogP contribution in [-0.4, -0.2) is 22.9 Å². The zero-order chi connectivity index (χ0) is 16.6. The van der Waals surface area contributed by atoms with Crippen LogP contribution < -0.4 is 15.4 Å². The Balaban J connectivity index is 1.92. The molecule has 1 aromatic carbocycles. The second kappa shape index (κ2) is 6.00. The van der Waals surface area contributed by atoms with Gasteiger partial charge in [-0.05, 0) is 32.0 Å². The van der Waals surface area contributed by atoms with E-state index < -0.39 is 6.10 Å². The van der Waals surface area contributed by atoms with Gasteiger partial charge in [0.2, 0.25) is 5.91 Å². The molecule has 0 unspecified atom stereocenters. The van der Waals surface area contributed by atoms with E-state index in [0.29, 0.717) is 23.0 Å². The SMILES string of the molecule is CCC(=O)Nc1nc(-c2ccc3c(c2)NC(=O)[C@H](C)O3)c(C)s1. The van der Waals surface area contributed by atoms with Crippen LogP contribution in [0.15, 0.2) is 18.2 Å². The standard InChI is InChI=1S/C16H17N3O3S/c1-4-13(20)18-16-19-14(9(3)23-16)10-5-6-12-11(7-10)17-15(21)8(2)22-12/h5-8H,4H2,1-3H3,(H,17,21)(H,18,19,20)/t8-/m0/s1. The van der Waals surface area contributed by atoms with Crippen molar-refractivity contribution in [3.63, 3.8) is 0 Å². The number of hydrogen-bond acceptors (Lipinski definition) is 5. The normalized spacial score (nSPS) is 16.3. The quantitative estimate of drug-likeness (QED) is 0.905. The van der Waals surface area contributed by atoms with Crippen molar-refractivity contribution in [1.82, 2.24) is 4.98 Å². The number of ether oxygens (including phenoxy) is 1. The molecule has 1 aliphatic rings. The summed E-state index contributed by atoms with van der Waals surface area (Å²) in [6.45, 7) is 5.45. The lowest BCUT2D eigenvalue weighted by Gasteiger charge is -2.23. The number of thiazole rings is 1. The lowest BCUT2D eigenvalue weighted by Crippen LogP contribution is -2.34. The van der Waals surface area contributed by atoms with Crippen LogP contribution in [0.25, 0.3) is 11.3 Å². The smallest absolute Gasteiger partial charge is 0.265 e. The summed E-state index contributed by atoms with van der Waals surface area (Å²) in [6, 6.07) is 5.56. The van der Waals surface area contributed by atoms with E-state index in [1.807, 2.05) is 25.1 Å². The summed E-state index contributed by atoms with van der Waals surface area (Å²) in [5, 5.41) is 6.18. The number of nitrogens with zero attached hydrogens (tertiary/aromatic N) is 1. The maximum absolute atomic E-state index is 11.7. The van der Waals surface area contributed by atoms with E-state index >= 15 is 0 Å². The monoisotopic (exact) mass is 331 g/mol. The molecule has 2 amide bonds. The molecule has 1 aliphatic heterocycles. The second-order valence-electron chi connectivity index (χ2n) is 5.29. The molecule has 0 fully saturated rings. The third-order valence-corrected chi connectivity index (χ3v) is 4.43. The number of nitrogens with one attached hydrogen (secondary N) is 2. The molecule has 0 aliphatic carbocycles. The zero-order valence-electron chi connectivity index (χ0n) is 13.1. The van der Waals surface area contributed by atoms with Gasteiger partial charge in [0.25, 0.3) is 5.91 Å². The van der Waals surface area contributed by atoms with Crippen LogP contribution in [0.5, 0.6) is 5.75 Å². The molecule has 7 heteroatoms. The number of amides is 2. The zero-order valence-corrected chi connectivity index (χ0v) is 13.9. The van der Waals surface area contributed by atoms with Gasteiger partial charge < -0.3 is 15.4 Å². The summed E-state index contributed by atoms with van der Waals surface area (Å²) in [7, 11) is 0. The Morgan fingerprint density at radius 3 is 3.00 bits per heavy atom. The molecule has 0 saturated carbocycles. The molecular formula is C16H17N3O3S. The number of benzene rings is 1. The first-order chi connectivity index (χ1) is 11.0. The van der Waals surface area contributed by atoms with Crippen LogP contribution in [0, 0.1) is 6.92 Å². The Labute approximate surface area is 137 Å². The molecule has 6 nitrogen and oxygen atoms in total. The summed E-state index contributed by atoms with van der Waals surface area (Å²) in [4.78, 5) is 28.7. The third kappa shape index (κ3) is 3.05. The average Bonchev–Trinajstić information content (AvgIpc) is 2.88. The van der Waals surface area contributed by atoms with Gasteiger partial charge in [0, 0.05) is 16.9 Å². The van der Waals surface area contributed by atoms with E-state index in [-0.39, 0.29) is 11.8 Å². The Morgan fingerprint density at radius 2 is 2.26 bits per heavy atom. The van der Waals surface area contributed by atoms with Crippen LogP contribution in [0.2, 0.25) is 0 Å². The maximum atomic E-state index is 11.7. The molecule has 0 bridgehead atoms. The lowest BCUT2D eigenvalue weighted by atomic mass is 10.1. The van der Waals surface area contributed by atoms with E-state index in [4.69, 9.17) is 4.74 Å². The van der Waals surface area contributed by atoms with Crippen molar-refractivity contribution >= 4 is 34.0 Å². The Hall–Kier alpha value is -2.41. The number of hydrogen-bond donors (Lipinski definition) is 2. The molecule has 2 heterocycles. The fourth-order valence-corrected chi connectivity index (χ4v) is 3.13. The number of fused-ring (bicyclic) bond motifs is 1. The van der Waals surface area contributed by atoms with Crippen LogP contribution in [0.3, 0.4) is 0 Å². The Morgan fingerprint density at radius 1 is 1.48 bits per heavy atom. The van der Waals surface area contributed by atoms with Crippen LogP contribution in [-0.2, 0) is 9.59 Å². The van der Waals surface area contributed by atoms with Crippen molar-refractivity contribution < 1.29 is 14.3 Å². The predicted molar refractivity (Wildman–Crippen MR) is 89.9 cm³/mol. The van der Waals surface area contributed by atoms with E-state index in [9.17, 15) is 9.59 Å². The number of carbonyl (C=O) groups is 2. The molecule has 2 N–H and O–H groups in total. The molecule has 0 radical (unpaired) electrons. The molecular weight excluding hydrogens is 314 g/mol. The first-order valence-corrected chi connectivity index (χ1v) is 8.18. The maximum Gasteiger partial charge on any atom is 0.265 e. The van der Waals surface area contributed by atoms with E-state index in [2.05, 4.69) is 15.6 Å². The topological polar surface area (TPSA) is 80.3 Å². The summed E-state index contributed by atoms with van der Waals surface area (Å²) in [5.41, 5.74) is 2.29. The van der Waals surface area contributed by atoms with Crippen molar-refractivity contribution in [2.45, 2.75) is 33.3 Å². The minimum atomic E-state index is -0.495. The fourth-order valence-electron chi connectivity index (χ4n) is 2.28. The molecule has 23 heavy (non-hydrogen) atoms. The molecule has 120 valence electrons. The predicted octanol–water partition coefficient (Wildman–Crippen LogP) is 3.19. The van der Waals surface area contributed by atoms with Crippen molar-refractivity contribution in [2.75, 3.05) is 10.6 Å². The first kappa shape index (κ1) is 15.5. The molecule has 3 rings (SSSR count). The Bertz CT molecular complexity index is 785. The minimum absolute atomic E-state index is 0.0645. The van der Waals surface area contributed by atoms with E-state index in [1.54, 1.807) is 13.8 Å².